The summed E-state index contributed by atoms with van der Waals surface area (Å²) in [6.45, 7) is 14.3. The van der Waals surface area contributed by atoms with Crippen LogP contribution in [-0.4, -0.2) is 110 Å². The van der Waals surface area contributed by atoms with E-state index in [1.165, 1.54) is 4.90 Å². The molecule has 14 nitrogen and oxygen atoms in total. The van der Waals surface area contributed by atoms with E-state index in [0.29, 0.717) is 17.3 Å². The second-order valence-electron chi connectivity index (χ2n) is 16.8. The van der Waals surface area contributed by atoms with E-state index in [1.54, 1.807) is 86.0 Å². The topological polar surface area (TPSA) is 184 Å². The number of Topliss-reactive ketones (excluding diaryl/α,β-unsaturated/α-hetero) is 1. The van der Waals surface area contributed by atoms with Crippen LogP contribution in [0.3, 0.4) is 0 Å². The highest BCUT2D eigenvalue weighted by Gasteiger charge is 2.74. The van der Waals surface area contributed by atoms with Gasteiger partial charge in [-0.2, -0.15) is 0 Å². The molecule has 305 valence electrons. The summed E-state index contributed by atoms with van der Waals surface area (Å²) in [5.41, 5.74) is -3.93. The predicted octanol–water partition coefficient (Wildman–Crippen LogP) is 3.88. The van der Waals surface area contributed by atoms with Crippen LogP contribution in [0.25, 0.3) is 0 Å². The van der Waals surface area contributed by atoms with Gasteiger partial charge in [0.15, 0.2) is 11.9 Å². The first-order valence-corrected chi connectivity index (χ1v) is 19.4. The van der Waals surface area contributed by atoms with Crippen LogP contribution in [0, 0.1) is 28.1 Å². The lowest BCUT2D eigenvalue weighted by Crippen LogP contribution is -2.75. The molecule has 0 unspecified atom stereocenters. The van der Waals surface area contributed by atoms with Crippen LogP contribution in [0.15, 0.2) is 41.5 Å². The van der Waals surface area contributed by atoms with Gasteiger partial charge < -0.3 is 43.7 Å². The number of ether oxygens (including phenoxy) is 5. The third-order valence-electron chi connectivity index (χ3n) is 13.2. The van der Waals surface area contributed by atoms with Crippen molar-refractivity contribution in [2.24, 2.45) is 28.1 Å². The lowest BCUT2D eigenvalue weighted by molar-refractivity contribution is -0.302. The third kappa shape index (κ3) is 7.08. The van der Waals surface area contributed by atoms with Gasteiger partial charge in [0.2, 0.25) is 6.10 Å². The zero-order chi connectivity index (χ0) is 41.5. The molecule has 1 heterocycles. The molecule has 3 fully saturated rings. The van der Waals surface area contributed by atoms with Crippen LogP contribution >= 0.6 is 0 Å². The van der Waals surface area contributed by atoms with Crippen LogP contribution in [-0.2, 0) is 47.7 Å². The van der Waals surface area contributed by atoms with Gasteiger partial charge >= 0.3 is 24.0 Å². The number of esters is 3. The van der Waals surface area contributed by atoms with E-state index >= 15 is 4.79 Å². The van der Waals surface area contributed by atoms with Gasteiger partial charge in [0.1, 0.15) is 12.2 Å². The van der Waals surface area contributed by atoms with Gasteiger partial charge in [0, 0.05) is 50.6 Å². The summed E-state index contributed by atoms with van der Waals surface area (Å²) in [5.74, 6) is -4.22. The van der Waals surface area contributed by atoms with Crippen molar-refractivity contribution in [3.63, 3.8) is 0 Å². The monoisotopic (exact) mass is 779 g/mol. The number of ketones is 1. The first-order valence-electron chi connectivity index (χ1n) is 19.4. The number of carbonyl (C=O) groups is 6. The number of fused-ring (bicyclic) bond motifs is 5. The van der Waals surface area contributed by atoms with Gasteiger partial charge in [-0.3, -0.25) is 14.4 Å². The Bertz CT molecular complexity index is 1750. The van der Waals surface area contributed by atoms with E-state index in [4.69, 9.17) is 23.7 Å². The number of aliphatic hydroxyl groups is 1. The van der Waals surface area contributed by atoms with E-state index in [9.17, 15) is 29.1 Å². The lowest BCUT2D eigenvalue weighted by Gasteiger charge is -2.68. The van der Waals surface area contributed by atoms with Crippen molar-refractivity contribution >= 4 is 43.4 Å². The second-order valence-corrected chi connectivity index (χ2v) is 16.8. The molecule has 1 radical (unpaired) electrons. The summed E-state index contributed by atoms with van der Waals surface area (Å²) < 4.78 is 30.2. The van der Waals surface area contributed by atoms with Gasteiger partial charge in [0.25, 0.3) is 7.41 Å². The van der Waals surface area contributed by atoms with Crippen molar-refractivity contribution in [2.45, 2.75) is 123 Å². The Morgan fingerprint density at radius 1 is 1.04 bits per heavy atom. The SMILES string of the molecule is CCC(=O)O[C@H]1C(=O)[C@]2(C)[C@@H](OC(=O)N(C)C)C[C@H]3OC[C@@]3(C)[C@H]2[C@H](C)[C@]2(O)C[C@H](OC(=O)[C@H](OC(=O)CC)[C@@H](N[B]C=O)c3ccccc3)C(C)=C1C2(C)C. The minimum atomic E-state index is -1.73. The molecule has 4 aliphatic rings. The molecule has 1 aliphatic heterocycles. The fourth-order valence-electron chi connectivity index (χ4n) is 10.1. The normalized spacial score (nSPS) is 34.1. The summed E-state index contributed by atoms with van der Waals surface area (Å²) in [7, 11) is 4.18. The van der Waals surface area contributed by atoms with Gasteiger partial charge in [-0.15, -0.1) is 0 Å². The molecular weight excluding hydrogens is 723 g/mol. The molecule has 2 saturated carbocycles. The van der Waals surface area contributed by atoms with Crippen molar-refractivity contribution < 1.29 is 57.6 Å². The number of hydrogen-bond acceptors (Lipinski definition) is 13. The van der Waals surface area contributed by atoms with Gasteiger partial charge in [-0.25, -0.2) is 9.59 Å². The Morgan fingerprint density at radius 2 is 1.68 bits per heavy atom. The quantitative estimate of drug-likeness (QED) is 0.103. The number of nitrogens with zero attached hydrogens (tertiary/aromatic N) is 1. The minimum absolute atomic E-state index is 0.0539. The number of hydrogen-bond donors (Lipinski definition) is 2. The maximum Gasteiger partial charge on any atom is 0.409 e. The molecule has 1 amide bonds. The second kappa shape index (κ2) is 16.1. The van der Waals surface area contributed by atoms with Crippen molar-refractivity contribution in [3.05, 3.63) is 47.0 Å². The van der Waals surface area contributed by atoms with Gasteiger partial charge in [0.05, 0.1) is 36.0 Å². The molecule has 1 aromatic rings. The summed E-state index contributed by atoms with van der Waals surface area (Å²) in [6, 6.07) is 7.61. The molecule has 0 spiro atoms. The summed E-state index contributed by atoms with van der Waals surface area (Å²) in [5, 5.41) is 16.3. The van der Waals surface area contributed by atoms with Crippen molar-refractivity contribution in [3.8, 4) is 0 Å². The van der Waals surface area contributed by atoms with E-state index in [2.05, 4.69) is 5.23 Å². The number of amides is 1. The van der Waals surface area contributed by atoms with Crippen LogP contribution in [0.4, 0.5) is 4.79 Å². The fourth-order valence-corrected chi connectivity index (χ4v) is 10.1. The molecule has 3 aliphatic carbocycles. The molecule has 1 aromatic carbocycles. The first kappa shape index (κ1) is 43.1. The highest BCUT2D eigenvalue weighted by atomic mass is 16.6. The smallest absolute Gasteiger partial charge is 0.409 e. The first-order chi connectivity index (χ1) is 26.2. The third-order valence-corrected chi connectivity index (χ3v) is 13.2. The predicted molar refractivity (Wildman–Crippen MR) is 203 cm³/mol. The lowest BCUT2D eigenvalue weighted by atomic mass is 9.40. The number of benzene rings is 1. The van der Waals surface area contributed by atoms with Crippen molar-refractivity contribution in [2.75, 3.05) is 20.7 Å². The molecule has 11 atom stereocenters. The van der Waals surface area contributed by atoms with E-state index in [-0.39, 0.29) is 37.9 Å². The average molecular weight is 780 g/mol. The van der Waals surface area contributed by atoms with E-state index in [0.717, 1.165) is 7.41 Å². The molecular formula is C41H56BN2O12. The Kier molecular flexibility index (Phi) is 12.3. The van der Waals surface area contributed by atoms with Crippen LogP contribution in [0.2, 0.25) is 0 Å². The molecule has 0 aromatic heterocycles. The number of carbonyl (C=O) groups excluding carboxylic acids is 6. The Labute approximate surface area is 329 Å². The fraction of sp³-hybridized carbons (Fsp3) is 0.659. The van der Waals surface area contributed by atoms with Gasteiger partial charge in [-0.1, -0.05) is 71.9 Å². The highest BCUT2D eigenvalue weighted by molar-refractivity contribution is 6.64. The number of rotatable bonds is 12. The summed E-state index contributed by atoms with van der Waals surface area (Å²) in [6.07, 6.45) is -5.92. The largest absolute Gasteiger partial charge is 0.455 e. The Morgan fingerprint density at radius 3 is 2.23 bits per heavy atom. The molecule has 2 N–H and O–H groups in total. The zero-order valence-electron chi connectivity index (χ0n) is 34.1. The van der Waals surface area contributed by atoms with Gasteiger partial charge in [-0.05, 0) is 42.4 Å². The molecule has 2 bridgehead atoms. The van der Waals surface area contributed by atoms with Crippen molar-refractivity contribution in [1.82, 2.24) is 10.1 Å². The summed E-state index contributed by atoms with van der Waals surface area (Å²) in [4.78, 5) is 82.0. The molecule has 56 heavy (non-hydrogen) atoms. The Balaban J connectivity index is 1.69. The molecule has 5 rings (SSSR count). The maximum absolute atomic E-state index is 15.6. The van der Waals surface area contributed by atoms with E-state index < -0.39 is 100 Å². The average Bonchev–Trinajstić information content (AvgIpc) is 3.15. The Hall–Kier alpha value is -4.08. The van der Waals surface area contributed by atoms with Crippen molar-refractivity contribution in [1.29, 1.82) is 0 Å². The van der Waals surface area contributed by atoms with Crippen LogP contribution in [0.1, 0.15) is 92.7 Å². The zero-order valence-corrected chi connectivity index (χ0v) is 34.1. The van der Waals surface area contributed by atoms with Crippen LogP contribution in [0.5, 0.6) is 0 Å². The standard InChI is InChI=1S/C41H56BN2O12/c1-11-28(46)55-32-30-22(3)25(53-36(49)33(56-29(47)12-2)31(43-42-21-45)24-16-14-13-15-17-24)19-41(51,38(30,5)6)23(4)34-39(7)20-52-26(39)18-27(40(34,8)35(32)48)54-37(50)44(9)10/h13-17,21,23,25-27,31-34,43,51H,11-12,18-20H2,1-10H3/t23-,25-,26+,27-,31-,32+,33+,34+,39+,40+,41+/m0/s1. The molecule has 1 saturated heterocycles. The minimum Gasteiger partial charge on any atom is -0.455 e. The molecule has 15 heteroatoms. The summed E-state index contributed by atoms with van der Waals surface area (Å²) >= 11 is 0. The maximum atomic E-state index is 15.6. The van der Waals surface area contributed by atoms with Crippen LogP contribution < -0.4 is 5.23 Å². The van der Waals surface area contributed by atoms with E-state index in [1.807, 2.05) is 13.8 Å². The number of nitrogens with one attached hydrogen (secondary N) is 1. The highest BCUT2D eigenvalue weighted by Crippen LogP contribution is 2.67.